The van der Waals surface area contributed by atoms with Gasteiger partial charge in [0.05, 0.1) is 24.1 Å². The van der Waals surface area contributed by atoms with Gasteiger partial charge in [-0.15, -0.1) is 0 Å². The zero-order valence-electron chi connectivity index (χ0n) is 23.0. The number of benzene rings is 2. The van der Waals surface area contributed by atoms with E-state index < -0.39 is 5.91 Å². The van der Waals surface area contributed by atoms with Crippen LogP contribution >= 0.6 is 23.2 Å². The number of halogens is 2. The molecule has 4 aromatic rings. The van der Waals surface area contributed by atoms with Crippen molar-refractivity contribution in [3.05, 3.63) is 81.2 Å². The summed E-state index contributed by atoms with van der Waals surface area (Å²) in [6, 6.07) is 10.9. The number of nitrogens with zero attached hydrogens (tertiary/aromatic N) is 4. The number of amides is 2. The van der Waals surface area contributed by atoms with Crippen LogP contribution < -0.4 is 10.5 Å². The molecule has 0 saturated carbocycles. The normalized spacial score (nSPS) is 15.4. The molecule has 2 amide bonds. The summed E-state index contributed by atoms with van der Waals surface area (Å²) in [6.45, 7) is 4.89. The van der Waals surface area contributed by atoms with Gasteiger partial charge in [-0.25, -0.2) is 4.68 Å². The van der Waals surface area contributed by atoms with Crippen molar-refractivity contribution in [2.45, 2.75) is 45.1 Å². The van der Waals surface area contributed by atoms with Crippen LogP contribution in [0.1, 0.15) is 58.7 Å². The molecular formula is C31H29Cl2N5O3. The number of nitrogens with two attached hydrogens (primary N) is 1. The number of aromatic nitrogens is 3. The van der Waals surface area contributed by atoms with Crippen molar-refractivity contribution in [3.8, 4) is 33.8 Å². The van der Waals surface area contributed by atoms with E-state index in [-0.39, 0.29) is 11.4 Å². The van der Waals surface area contributed by atoms with Gasteiger partial charge in [0.1, 0.15) is 5.75 Å². The van der Waals surface area contributed by atoms with Gasteiger partial charge >= 0.3 is 0 Å². The van der Waals surface area contributed by atoms with E-state index in [0.717, 1.165) is 40.8 Å². The van der Waals surface area contributed by atoms with E-state index in [2.05, 4.69) is 18.8 Å². The van der Waals surface area contributed by atoms with Crippen molar-refractivity contribution in [1.82, 2.24) is 19.7 Å². The Morgan fingerprint density at radius 2 is 1.76 bits per heavy atom. The van der Waals surface area contributed by atoms with Crippen LogP contribution in [0.2, 0.25) is 10.0 Å². The van der Waals surface area contributed by atoms with E-state index >= 15 is 0 Å². The Morgan fingerprint density at radius 1 is 1.00 bits per heavy atom. The first-order chi connectivity index (χ1) is 19.6. The third-order valence-corrected chi connectivity index (χ3v) is 8.52. The lowest BCUT2D eigenvalue weighted by Crippen LogP contribution is -2.43. The first-order valence-corrected chi connectivity index (χ1v) is 14.2. The summed E-state index contributed by atoms with van der Waals surface area (Å²) in [5.41, 5.74) is 11.7. The van der Waals surface area contributed by atoms with Crippen LogP contribution in [0.15, 0.2) is 48.8 Å². The number of aryl methyl sites for hydroxylation is 1. The average Bonchev–Trinajstić information content (AvgIpc) is 3.51. The number of hydrogen-bond donors (Lipinski definition) is 1. The Bertz CT molecular complexity index is 1710. The Morgan fingerprint density at radius 3 is 2.41 bits per heavy atom. The molecule has 1 saturated heterocycles. The molecule has 3 heterocycles. The van der Waals surface area contributed by atoms with Crippen molar-refractivity contribution in [2.75, 3.05) is 13.7 Å². The zero-order chi connectivity index (χ0) is 29.1. The minimum absolute atomic E-state index is 0.0776. The standard InChI is InChI=1S/C31H29Cl2N5O3/c1-31(2)7-4-8-37(31)30(40)27-23-6-5-17-10-26(41-3)24(18-9-19(29(34)39)16-35-15-18)14-25(17)28(23)38(36-27)22-12-20(32)11-21(33)13-22/h9-16H,4-8H2,1-3H3,(H2,34,39). The number of likely N-dealkylation sites (tertiary alicyclic amines) is 1. The number of rotatable bonds is 5. The summed E-state index contributed by atoms with van der Waals surface area (Å²) in [4.78, 5) is 32.1. The van der Waals surface area contributed by atoms with Crippen LogP contribution in [0.3, 0.4) is 0 Å². The molecule has 8 nitrogen and oxygen atoms in total. The van der Waals surface area contributed by atoms with Crippen molar-refractivity contribution in [3.63, 3.8) is 0 Å². The summed E-state index contributed by atoms with van der Waals surface area (Å²) in [5.74, 6) is -0.00348. The van der Waals surface area contributed by atoms with E-state index in [9.17, 15) is 9.59 Å². The third-order valence-electron chi connectivity index (χ3n) is 8.08. The Balaban J connectivity index is 1.60. The lowest BCUT2D eigenvalue weighted by Gasteiger charge is -2.31. The SMILES string of the molecule is COc1cc2c(cc1-c1cncc(C(N)=O)c1)-c1c(c(C(=O)N3CCCC3(C)C)nn1-c1cc(Cl)cc(Cl)c1)CC2. The molecule has 10 heteroatoms. The van der Waals surface area contributed by atoms with Crippen LogP contribution in [-0.4, -0.2) is 50.7 Å². The molecule has 1 fully saturated rings. The lowest BCUT2D eigenvalue weighted by molar-refractivity contribution is 0.0644. The second-order valence-corrected chi connectivity index (χ2v) is 12.0. The molecule has 6 rings (SSSR count). The highest BCUT2D eigenvalue weighted by molar-refractivity contribution is 6.34. The molecule has 2 aliphatic rings. The topological polar surface area (TPSA) is 103 Å². The van der Waals surface area contributed by atoms with Gasteiger partial charge in [0.15, 0.2) is 5.69 Å². The van der Waals surface area contributed by atoms with Gasteiger partial charge in [-0.05, 0) is 81.5 Å². The molecule has 41 heavy (non-hydrogen) atoms. The fraction of sp³-hybridized carbons (Fsp3) is 0.290. The first-order valence-electron chi connectivity index (χ1n) is 13.4. The molecule has 0 spiro atoms. The van der Waals surface area contributed by atoms with Crippen molar-refractivity contribution in [1.29, 1.82) is 0 Å². The maximum absolute atomic E-state index is 14.0. The second kappa shape index (κ2) is 10.2. The highest BCUT2D eigenvalue weighted by Crippen LogP contribution is 2.44. The number of ether oxygens (including phenoxy) is 1. The predicted molar refractivity (Wildman–Crippen MR) is 159 cm³/mol. The van der Waals surface area contributed by atoms with E-state index in [0.29, 0.717) is 57.7 Å². The summed E-state index contributed by atoms with van der Waals surface area (Å²) >= 11 is 12.8. The molecule has 0 atom stereocenters. The first kappa shape index (κ1) is 27.3. The van der Waals surface area contributed by atoms with Gasteiger partial charge in [-0.1, -0.05) is 23.2 Å². The molecule has 1 aliphatic carbocycles. The molecule has 2 N–H and O–H groups in total. The molecule has 0 bridgehead atoms. The Kier molecular flexibility index (Phi) is 6.78. The van der Waals surface area contributed by atoms with Crippen LogP contribution in [0.5, 0.6) is 5.75 Å². The van der Waals surface area contributed by atoms with Crippen molar-refractivity contribution in [2.24, 2.45) is 5.73 Å². The summed E-state index contributed by atoms with van der Waals surface area (Å²) in [6.07, 6.45) is 6.33. The maximum Gasteiger partial charge on any atom is 0.275 e. The second-order valence-electron chi connectivity index (χ2n) is 11.1. The van der Waals surface area contributed by atoms with E-state index in [1.807, 2.05) is 17.0 Å². The third kappa shape index (κ3) is 4.75. The zero-order valence-corrected chi connectivity index (χ0v) is 24.5. The van der Waals surface area contributed by atoms with Gasteiger partial charge in [-0.2, -0.15) is 5.10 Å². The number of hydrogen-bond acceptors (Lipinski definition) is 5. The van der Waals surface area contributed by atoms with Crippen molar-refractivity contribution < 1.29 is 14.3 Å². The maximum atomic E-state index is 14.0. The molecule has 1 aliphatic heterocycles. The minimum Gasteiger partial charge on any atom is -0.496 e. The van der Waals surface area contributed by atoms with Gasteiger partial charge in [0.25, 0.3) is 5.91 Å². The number of methoxy groups -OCH3 is 1. The van der Waals surface area contributed by atoms with Crippen LogP contribution in [-0.2, 0) is 12.8 Å². The quantitative estimate of drug-likeness (QED) is 0.301. The summed E-state index contributed by atoms with van der Waals surface area (Å²) in [5, 5.41) is 5.87. The summed E-state index contributed by atoms with van der Waals surface area (Å²) in [7, 11) is 1.61. The molecule has 2 aromatic heterocycles. The van der Waals surface area contributed by atoms with Crippen LogP contribution in [0.25, 0.3) is 28.1 Å². The fourth-order valence-corrected chi connectivity index (χ4v) is 6.54. The summed E-state index contributed by atoms with van der Waals surface area (Å²) < 4.78 is 7.55. The highest BCUT2D eigenvalue weighted by Gasteiger charge is 2.39. The van der Waals surface area contributed by atoms with Gasteiger partial charge in [0.2, 0.25) is 5.91 Å². The van der Waals surface area contributed by atoms with Gasteiger partial charge in [-0.3, -0.25) is 14.6 Å². The van der Waals surface area contributed by atoms with E-state index in [1.54, 1.807) is 42.3 Å². The largest absolute Gasteiger partial charge is 0.496 e. The number of carbonyl (C=O) groups is 2. The smallest absolute Gasteiger partial charge is 0.275 e. The van der Waals surface area contributed by atoms with Gasteiger partial charge < -0.3 is 15.4 Å². The minimum atomic E-state index is -0.567. The number of pyridine rings is 1. The molecule has 0 radical (unpaired) electrons. The monoisotopic (exact) mass is 589 g/mol. The Hall–Kier alpha value is -3.88. The predicted octanol–water partition coefficient (Wildman–Crippen LogP) is 6.13. The molecule has 2 aromatic carbocycles. The average molecular weight is 591 g/mol. The molecule has 210 valence electrons. The van der Waals surface area contributed by atoms with Crippen LogP contribution in [0, 0.1) is 0 Å². The lowest BCUT2D eigenvalue weighted by atomic mass is 9.86. The fourth-order valence-electron chi connectivity index (χ4n) is 6.02. The molecule has 0 unspecified atom stereocenters. The number of primary amides is 1. The van der Waals surface area contributed by atoms with E-state index in [4.69, 9.17) is 38.8 Å². The number of fused-ring (bicyclic) bond motifs is 3. The van der Waals surface area contributed by atoms with Crippen LogP contribution in [0.4, 0.5) is 0 Å². The van der Waals surface area contributed by atoms with Gasteiger partial charge in [0, 0.05) is 56.8 Å². The van der Waals surface area contributed by atoms with E-state index in [1.165, 1.54) is 6.20 Å². The van der Waals surface area contributed by atoms with Crippen molar-refractivity contribution >= 4 is 35.0 Å². The Labute approximate surface area is 248 Å². The number of carbonyl (C=O) groups excluding carboxylic acids is 2. The highest BCUT2D eigenvalue weighted by atomic mass is 35.5. The molecular weight excluding hydrogens is 561 g/mol.